The van der Waals surface area contributed by atoms with E-state index in [4.69, 9.17) is 0 Å². The summed E-state index contributed by atoms with van der Waals surface area (Å²) < 4.78 is 0. The SMILES string of the molecule is Oc1ccc(CCNCCCCCCNCCc2ccccc2)c(O)c1O. The minimum atomic E-state index is -0.440. The first-order valence-corrected chi connectivity index (χ1v) is 9.86. The Kier molecular flexibility index (Phi) is 9.52. The zero-order valence-corrected chi connectivity index (χ0v) is 16.0. The molecule has 0 bridgehead atoms. The van der Waals surface area contributed by atoms with Gasteiger partial charge >= 0.3 is 0 Å². The van der Waals surface area contributed by atoms with E-state index in [0.717, 1.165) is 39.0 Å². The molecule has 0 radical (unpaired) electrons. The maximum atomic E-state index is 9.76. The smallest absolute Gasteiger partial charge is 0.200 e. The Morgan fingerprint density at radius 2 is 1.22 bits per heavy atom. The van der Waals surface area contributed by atoms with Gasteiger partial charge in [-0.3, -0.25) is 0 Å². The fourth-order valence-electron chi connectivity index (χ4n) is 3.02. The number of aromatic hydroxyl groups is 3. The molecular formula is C22H32N2O3. The molecule has 2 aromatic carbocycles. The van der Waals surface area contributed by atoms with Gasteiger partial charge in [0.1, 0.15) is 0 Å². The topological polar surface area (TPSA) is 84.8 Å². The highest BCUT2D eigenvalue weighted by atomic mass is 16.3. The van der Waals surface area contributed by atoms with Crippen molar-refractivity contribution in [3.8, 4) is 17.2 Å². The first-order valence-electron chi connectivity index (χ1n) is 9.86. The second-order valence-corrected chi connectivity index (χ2v) is 6.84. The molecule has 0 aliphatic rings. The average Bonchev–Trinajstić information content (AvgIpc) is 2.69. The third-order valence-corrected chi connectivity index (χ3v) is 4.67. The molecule has 0 fully saturated rings. The van der Waals surface area contributed by atoms with Crippen LogP contribution in [0.3, 0.4) is 0 Å². The lowest BCUT2D eigenvalue weighted by Crippen LogP contribution is -2.19. The van der Waals surface area contributed by atoms with Gasteiger partial charge in [-0.25, -0.2) is 0 Å². The van der Waals surface area contributed by atoms with Crippen molar-refractivity contribution in [2.75, 3.05) is 26.2 Å². The summed E-state index contributed by atoms with van der Waals surface area (Å²) in [5, 5.41) is 35.4. The molecule has 2 rings (SSSR count). The lowest BCUT2D eigenvalue weighted by Gasteiger charge is -2.09. The Morgan fingerprint density at radius 1 is 0.593 bits per heavy atom. The highest BCUT2D eigenvalue weighted by molar-refractivity contribution is 5.53. The van der Waals surface area contributed by atoms with Gasteiger partial charge in [0.15, 0.2) is 11.5 Å². The summed E-state index contributed by atoms with van der Waals surface area (Å²) in [7, 11) is 0. The van der Waals surface area contributed by atoms with Crippen LogP contribution in [0.4, 0.5) is 0 Å². The second kappa shape index (κ2) is 12.2. The van der Waals surface area contributed by atoms with Crippen molar-refractivity contribution >= 4 is 0 Å². The van der Waals surface area contributed by atoms with Gasteiger partial charge < -0.3 is 26.0 Å². The summed E-state index contributed by atoms with van der Waals surface area (Å²) in [6, 6.07) is 13.6. The van der Waals surface area contributed by atoms with Crippen molar-refractivity contribution in [1.82, 2.24) is 10.6 Å². The third kappa shape index (κ3) is 7.89. The van der Waals surface area contributed by atoms with Crippen LogP contribution in [-0.4, -0.2) is 41.5 Å². The fourth-order valence-corrected chi connectivity index (χ4v) is 3.02. The van der Waals surface area contributed by atoms with Crippen molar-refractivity contribution < 1.29 is 15.3 Å². The molecule has 27 heavy (non-hydrogen) atoms. The van der Waals surface area contributed by atoms with E-state index < -0.39 is 5.75 Å². The maximum absolute atomic E-state index is 9.76. The summed E-state index contributed by atoms with van der Waals surface area (Å²) in [5.74, 6) is -0.958. The van der Waals surface area contributed by atoms with Crippen LogP contribution >= 0.6 is 0 Å². The molecule has 0 heterocycles. The number of unbranched alkanes of at least 4 members (excludes halogenated alkanes) is 3. The highest BCUT2D eigenvalue weighted by Gasteiger charge is 2.10. The first-order chi connectivity index (χ1) is 13.2. The number of benzene rings is 2. The van der Waals surface area contributed by atoms with Crippen LogP contribution in [0.25, 0.3) is 0 Å². The summed E-state index contributed by atoms with van der Waals surface area (Å²) in [5.41, 5.74) is 2.02. The van der Waals surface area contributed by atoms with Gasteiger partial charge in [-0.05, 0) is 69.1 Å². The van der Waals surface area contributed by atoms with E-state index in [1.807, 2.05) is 6.07 Å². The van der Waals surface area contributed by atoms with Gasteiger partial charge in [0.05, 0.1) is 0 Å². The molecule has 0 atom stereocenters. The molecule has 5 N–H and O–H groups in total. The predicted octanol–water partition coefficient (Wildman–Crippen LogP) is 3.33. The molecule has 0 aliphatic heterocycles. The van der Waals surface area contributed by atoms with E-state index >= 15 is 0 Å². The Hall–Kier alpha value is -2.24. The largest absolute Gasteiger partial charge is 0.504 e. The first kappa shape index (κ1) is 21.1. The van der Waals surface area contributed by atoms with Crippen LogP contribution in [0.15, 0.2) is 42.5 Å². The van der Waals surface area contributed by atoms with Crippen molar-refractivity contribution in [2.45, 2.75) is 38.5 Å². The van der Waals surface area contributed by atoms with Gasteiger partial charge in [-0.15, -0.1) is 0 Å². The molecule has 0 spiro atoms. The molecular weight excluding hydrogens is 340 g/mol. The number of nitrogens with one attached hydrogen (secondary N) is 2. The molecule has 5 heteroatoms. The van der Waals surface area contributed by atoms with E-state index in [2.05, 4.69) is 34.9 Å². The number of hydrogen-bond acceptors (Lipinski definition) is 5. The molecule has 148 valence electrons. The second-order valence-electron chi connectivity index (χ2n) is 6.84. The Bertz CT molecular complexity index is 662. The Labute approximate surface area is 162 Å². The van der Waals surface area contributed by atoms with Crippen LogP contribution in [0.5, 0.6) is 17.2 Å². The maximum Gasteiger partial charge on any atom is 0.200 e. The van der Waals surface area contributed by atoms with Crippen LogP contribution in [0.1, 0.15) is 36.8 Å². The quantitative estimate of drug-likeness (QED) is 0.275. The number of phenols is 3. The van der Waals surface area contributed by atoms with Crippen LogP contribution in [0, 0.1) is 0 Å². The number of hydrogen-bond donors (Lipinski definition) is 5. The third-order valence-electron chi connectivity index (χ3n) is 4.67. The van der Waals surface area contributed by atoms with Crippen molar-refractivity contribution in [1.29, 1.82) is 0 Å². The Morgan fingerprint density at radius 3 is 1.89 bits per heavy atom. The summed E-state index contributed by atoms with van der Waals surface area (Å²) in [4.78, 5) is 0. The molecule has 0 saturated carbocycles. The van der Waals surface area contributed by atoms with Gasteiger partial charge in [-0.1, -0.05) is 49.2 Å². The van der Waals surface area contributed by atoms with Crippen LogP contribution < -0.4 is 10.6 Å². The average molecular weight is 373 g/mol. The van der Waals surface area contributed by atoms with Crippen LogP contribution in [-0.2, 0) is 12.8 Å². The normalized spacial score (nSPS) is 11.0. The van der Waals surface area contributed by atoms with Crippen LogP contribution in [0.2, 0.25) is 0 Å². The van der Waals surface area contributed by atoms with Gasteiger partial charge in [0, 0.05) is 0 Å². The number of rotatable bonds is 13. The molecule has 2 aromatic rings. The zero-order chi connectivity index (χ0) is 19.3. The predicted molar refractivity (Wildman–Crippen MR) is 109 cm³/mol. The minimum absolute atomic E-state index is 0.225. The fraction of sp³-hybridized carbons (Fsp3) is 0.455. The molecule has 0 aliphatic carbocycles. The van der Waals surface area contributed by atoms with Crippen molar-refractivity contribution in [2.24, 2.45) is 0 Å². The minimum Gasteiger partial charge on any atom is -0.504 e. The number of phenolic OH excluding ortho intramolecular Hbond substituents is 3. The van der Waals surface area contributed by atoms with E-state index in [0.29, 0.717) is 12.0 Å². The van der Waals surface area contributed by atoms with Crippen molar-refractivity contribution in [3.63, 3.8) is 0 Å². The molecule has 0 aromatic heterocycles. The summed E-state index contributed by atoms with van der Waals surface area (Å²) in [6.45, 7) is 3.79. The lowest BCUT2D eigenvalue weighted by atomic mass is 10.1. The Balaban J connectivity index is 1.40. The van der Waals surface area contributed by atoms with Crippen molar-refractivity contribution in [3.05, 3.63) is 53.6 Å². The van der Waals surface area contributed by atoms with E-state index in [1.54, 1.807) is 6.07 Å². The highest BCUT2D eigenvalue weighted by Crippen LogP contribution is 2.36. The van der Waals surface area contributed by atoms with E-state index in [1.165, 1.54) is 30.9 Å². The monoisotopic (exact) mass is 372 g/mol. The summed E-state index contributed by atoms with van der Waals surface area (Å²) >= 11 is 0. The molecule has 0 saturated heterocycles. The molecule has 0 unspecified atom stereocenters. The van der Waals surface area contributed by atoms with Gasteiger partial charge in [0.25, 0.3) is 0 Å². The van der Waals surface area contributed by atoms with Gasteiger partial charge in [0.2, 0.25) is 5.75 Å². The van der Waals surface area contributed by atoms with E-state index in [9.17, 15) is 15.3 Å². The zero-order valence-electron chi connectivity index (χ0n) is 16.0. The van der Waals surface area contributed by atoms with E-state index in [-0.39, 0.29) is 11.5 Å². The van der Waals surface area contributed by atoms with Gasteiger partial charge in [-0.2, -0.15) is 0 Å². The molecule has 5 nitrogen and oxygen atoms in total. The standard InChI is InChI=1S/C22H32N2O3/c25-20-11-10-19(21(26)22(20)27)13-17-24-15-7-2-1-6-14-23-16-12-18-8-4-3-5-9-18/h3-5,8-11,23-27H,1-2,6-7,12-17H2. The summed E-state index contributed by atoms with van der Waals surface area (Å²) in [6.07, 6.45) is 6.47. The molecule has 0 amide bonds. The lowest BCUT2D eigenvalue weighted by molar-refractivity contribution is 0.365.